The minimum absolute atomic E-state index is 0.182. The van der Waals surface area contributed by atoms with Crippen LogP contribution in [-0.2, 0) is 0 Å². The lowest BCUT2D eigenvalue weighted by Gasteiger charge is -2.03. The van der Waals surface area contributed by atoms with Gasteiger partial charge in [-0.3, -0.25) is 4.79 Å². The summed E-state index contributed by atoms with van der Waals surface area (Å²) in [7, 11) is 0. The van der Waals surface area contributed by atoms with Gasteiger partial charge >= 0.3 is 0 Å². The zero-order chi connectivity index (χ0) is 12.5. The normalized spacial score (nSPS) is 10.7. The summed E-state index contributed by atoms with van der Waals surface area (Å²) in [5.74, 6) is 0. The van der Waals surface area contributed by atoms with Crippen LogP contribution in [0.15, 0.2) is 53.5 Å². The van der Waals surface area contributed by atoms with Gasteiger partial charge in [0, 0.05) is 22.8 Å². The third-order valence-electron chi connectivity index (χ3n) is 2.80. The number of nitrogen functional groups attached to an aromatic ring is 1. The second-order valence-electron chi connectivity index (χ2n) is 4.07. The molecule has 0 radical (unpaired) electrons. The highest BCUT2D eigenvalue weighted by atomic mass is 16.1. The molecule has 4 nitrogen and oxygen atoms in total. The highest BCUT2D eigenvalue weighted by Gasteiger charge is 2.04. The van der Waals surface area contributed by atoms with Crippen molar-refractivity contribution in [2.75, 3.05) is 5.73 Å². The Morgan fingerprint density at radius 2 is 2.00 bits per heavy atom. The predicted octanol–water partition coefficient (Wildman–Crippen LogP) is 2.17. The van der Waals surface area contributed by atoms with Crippen LogP contribution in [0.5, 0.6) is 0 Å². The van der Waals surface area contributed by atoms with Crippen LogP contribution < -0.4 is 11.3 Å². The number of H-pyrrole nitrogens is 1. The highest BCUT2D eigenvalue weighted by Crippen LogP contribution is 2.21. The molecule has 0 saturated heterocycles. The number of aromatic amines is 1. The fraction of sp³-hybridized carbons (Fsp3) is 0. The number of nitrogens with zero attached hydrogens (tertiary/aromatic N) is 1. The molecule has 0 aliphatic carbocycles. The molecule has 0 spiro atoms. The van der Waals surface area contributed by atoms with Crippen molar-refractivity contribution in [1.82, 2.24) is 9.97 Å². The van der Waals surface area contributed by atoms with E-state index in [1.54, 1.807) is 6.20 Å². The van der Waals surface area contributed by atoms with E-state index < -0.39 is 0 Å². The smallest absolute Gasteiger partial charge is 0.274 e. The summed E-state index contributed by atoms with van der Waals surface area (Å²) in [4.78, 5) is 18.7. The second kappa shape index (κ2) is 4.00. The zero-order valence-corrected chi connectivity index (χ0v) is 9.55. The molecule has 0 aliphatic heterocycles. The van der Waals surface area contributed by atoms with Gasteiger partial charge in [0.2, 0.25) is 0 Å². The molecular weight excluding hydrogens is 226 g/mol. The van der Waals surface area contributed by atoms with E-state index in [9.17, 15) is 4.79 Å². The summed E-state index contributed by atoms with van der Waals surface area (Å²) >= 11 is 0. The van der Waals surface area contributed by atoms with E-state index in [2.05, 4.69) is 9.97 Å². The molecule has 2 aromatic heterocycles. The van der Waals surface area contributed by atoms with E-state index >= 15 is 0 Å². The van der Waals surface area contributed by atoms with Gasteiger partial charge in [-0.25, -0.2) is 4.98 Å². The molecule has 3 aromatic rings. The SMILES string of the molecule is Nc1cccc(-c2ccc3cc[nH]c(=O)c3n2)c1. The summed E-state index contributed by atoms with van der Waals surface area (Å²) in [5.41, 5.74) is 8.32. The topological polar surface area (TPSA) is 71.8 Å². The summed E-state index contributed by atoms with van der Waals surface area (Å²) < 4.78 is 0. The number of nitrogens with two attached hydrogens (primary N) is 1. The number of benzene rings is 1. The molecule has 0 atom stereocenters. The van der Waals surface area contributed by atoms with Gasteiger partial charge in [-0.15, -0.1) is 0 Å². The van der Waals surface area contributed by atoms with Gasteiger partial charge in [-0.05, 0) is 24.3 Å². The van der Waals surface area contributed by atoms with Crippen LogP contribution >= 0.6 is 0 Å². The lowest BCUT2D eigenvalue weighted by Crippen LogP contribution is -2.06. The monoisotopic (exact) mass is 237 g/mol. The lowest BCUT2D eigenvalue weighted by molar-refractivity contribution is 1.24. The average molecular weight is 237 g/mol. The van der Waals surface area contributed by atoms with Gasteiger partial charge in [0.15, 0.2) is 0 Å². The minimum atomic E-state index is -0.182. The van der Waals surface area contributed by atoms with Gasteiger partial charge in [0.1, 0.15) is 5.52 Å². The van der Waals surface area contributed by atoms with E-state index in [0.29, 0.717) is 11.2 Å². The molecule has 2 heterocycles. The van der Waals surface area contributed by atoms with Crippen LogP contribution in [0.25, 0.3) is 22.2 Å². The third kappa shape index (κ3) is 1.73. The predicted molar refractivity (Wildman–Crippen MR) is 72.2 cm³/mol. The van der Waals surface area contributed by atoms with E-state index in [1.165, 1.54) is 0 Å². The van der Waals surface area contributed by atoms with Gasteiger partial charge in [-0.1, -0.05) is 18.2 Å². The number of nitrogens with one attached hydrogen (secondary N) is 1. The van der Waals surface area contributed by atoms with E-state index in [0.717, 1.165) is 16.6 Å². The number of pyridine rings is 2. The Morgan fingerprint density at radius 1 is 1.11 bits per heavy atom. The van der Waals surface area contributed by atoms with Crippen LogP contribution in [0.4, 0.5) is 5.69 Å². The number of hydrogen-bond acceptors (Lipinski definition) is 3. The average Bonchev–Trinajstić information content (AvgIpc) is 2.39. The molecule has 88 valence electrons. The first-order valence-corrected chi connectivity index (χ1v) is 5.58. The molecule has 3 rings (SSSR count). The second-order valence-corrected chi connectivity index (χ2v) is 4.07. The maximum atomic E-state index is 11.7. The number of hydrogen-bond donors (Lipinski definition) is 2. The van der Waals surface area contributed by atoms with Gasteiger partial charge < -0.3 is 10.7 Å². The van der Waals surface area contributed by atoms with Crippen LogP contribution in [0, 0.1) is 0 Å². The minimum Gasteiger partial charge on any atom is -0.399 e. The van der Waals surface area contributed by atoms with E-state index in [1.807, 2.05) is 42.5 Å². The molecule has 0 bridgehead atoms. The molecule has 4 heteroatoms. The van der Waals surface area contributed by atoms with Crippen LogP contribution in [-0.4, -0.2) is 9.97 Å². The quantitative estimate of drug-likeness (QED) is 0.637. The molecule has 0 unspecified atom stereocenters. The fourth-order valence-electron chi connectivity index (χ4n) is 1.92. The van der Waals surface area contributed by atoms with Gasteiger partial charge in [-0.2, -0.15) is 0 Å². The number of fused-ring (bicyclic) bond motifs is 1. The first-order chi connectivity index (χ1) is 8.74. The van der Waals surface area contributed by atoms with Crippen molar-refractivity contribution >= 4 is 16.6 Å². The van der Waals surface area contributed by atoms with Crippen molar-refractivity contribution < 1.29 is 0 Å². The number of rotatable bonds is 1. The van der Waals surface area contributed by atoms with Crippen molar-refractivity contribution in [1.29, 1.82) is 0 Å². The first-order valence-electron chi connectivity index (χ1n) is 5.58. The van der Waals surface area contributed by atoms with E-state index in [-0.39, 0.29) is 5.56 Å². The summed E-state index contributed by atoms with van der Waals surface area (Å²) in [6, 6.07) is 13.0. The highest BCUT2D eigenvalue weighted by molar-refractivity contribution is 5.80. The van der Waals surface area contributed by atoms with Crippen molar-refractivity contribution in [3.63, 3.8) is 0 Å². The van der Waals surface area contributed by atoms with Crippen molar-refractivity contribution in [2.45, 2.75) is 0 Å². The Labute approximate surface area is 103 Å². The summed E-state index contributed by atoms with van der Waals surface area (Å²) in [5, 5.41) is 0.825. The van der Waals surface area contributed by atoms with Gasteiger partial charge in [0.05, 0.1) is 5.69 Å². The Morgan fingerprint density at radius 3 is 2.83 bits per heavy atom. The van der Waals surface area contributed by atoms with Crippen LogP contribution in [0.2, 0.25) is 0 Å². The standard InChI is InChI=1S/C14H11N3O/c15-11-3-1-2-10(8-11)12-5-4-9-6-7-16-14(18)13(9)17-12/h1-8H,15H2,(H,16,18). The maximum absolute atomic E-state index is 11.7. The molecule has 0 saturated carbocycles. The zero-order valence-electron chi connectivity index (χ0n) is 9.55. The first kappa shape index (κ1) is 10.5. The molecule has 18 heavy (non-hydrogen) atoms. The third-order valence-corrected chi connectivity index (χ3v) is 2.80. The molecule has 0 amide bonds. The fourth-order valence-corrected chi connectivity index (χ4v) is 1.92. The summed E-state index contributed by atoms with van der Waals surface area (Å²) in [6.45, 7) is 0. The van der Waals surface area contributed by atoms with Crippen LogP contribution in [0.3, 0.4) is 0 Å². The molecule has 1 aromatic carbocycles. The summed E-state index contributed by atoms with van der Waals surface area (Å²) in [6.07, 6.45) is 1.62. The largest absolute Gasteiger partial charge is 0.399 e. The molecule has 0 aliphatic rings. The van der Waals surface area contributed by atoms with Crippen molar-refractivity contribution in [3.8, 4) is 11.3 Å². The van der Waals surface area contributed by atoms with Crippen molar-refractivity contribution in [3.05, 3.63) is 59.0 Å². The van der Waals surface area contributed by atoms with Crippen molar-refractivity contribution in [2.24, 2.45) is 0 Å². The van der Waals surface area contributed by atoms with Gasteiger partial charge in [0.25, 0.3) is 5.56 Å². The Bertz CT molecular complexity index is 777. The Balaban J connectivity index is 2.25. The molecule has 3 N–H and O–H groups in total. The Hall–Kier alpha value is -2.62. The lowest BCUT2D eigenvalue weighted by atomic mass is 10.1. The molecular formula is C14H11N3O. The van der Waals surface area contributed by atoms with Crippen LogP contribution in [0.1, 0.15) is 0 Å². The van der Waals surface area contributed by atoms with E-state index in [4.69, 9.17) is 5.73 Å². The number of aromatic nitrogens is 2. The molecule has 0 fully saturated rings. The number of anilines is 1. The Kier molecular flexibility index (Phi) is 2.34. The maximum Gasteiger partial charge on any atom is 0.274 e.